The first-order chi connectivity index (χ1) is 8.07. The van der Waals surface area contributed by atoms with E-state index in [4.69, 9.17) is 0 Å². The summed E-state index contributed by atoms with van der Waals surface area (Å²) in [4.78, 5) is 0. The van der Waals surface area contributed by atoms with Gasteiger partial charge in [-0.2, -0.15) is 0 Å². The largest absolute Gasteiger partial charge is 0.0769 e. The molecule has 2 aliphatic carbocycles. The third-order valence-electron chi connectivity index (χ3n) is 4.48. The van der Waals surface area contributed by atoms with Gasteiger partial charge in [-0.05, 0) is 61.5 Å². The molecular weight excluding hydrogens is 204 g/mol. The Balaban J connectivity index is 2.35. The Kier molecular flexibility index (Phi) is 3.42. The van der Waals surface area contributed by atoms with Crippen LogP contribution in [0.1, 0.15) is 53.9 Å². The van der Waals surface area contributed by atoms with Crippen LogP contribution in [0.4, 0.5) is 0 Å². The highest BCUT2D eigenvalue weighted by molar-refractivity contribution is 5.61. The van der Waals surface area contributed by atoms with Crippen molar-refractivity contribution in [3.8, 4) is 0 Å². The topological polar surface area (TPSA) is 0 Å². The zero-order chi connectivity index (χ0) is 12.6. The summed E-state index contributed by atoms with van der Waals surface area (Å²) in [6, 6.07) is 0. The molecule has 92 valence electrons. The standard InChI is InChI=1S/C17H24/c1-6-8-15-9-7-10-16(15)17-13(4)11(2)12(3)14(17)5/h9-10,13H,6-8H2,1-5H3. The monoisotopic (exact) mass is 228 g/mol. The SMILES string of the molecule is CCCC1=CCC=C1C1=C(C)C(C)=C(C)C1C. The number of allylic oxidation sites excluding steroid dienone is 8. The van der Waals surface area contributed by atoms with Crippen LogP contribution in [0.5, 0.6) is 0 Å². The Morgan fingerprint density at radius 3 is 2.35 bits per heavy atom. The molecule has 0 fully saturated rings. The molecule has 0 saturated heterocycles. The summed E-state index contributed by atoms with van der Waals surface area (Å²) >= 11 is 0. The van der Waals surface area contributed by atoms with Crippen molar-refractivity contribution in [3.05, 3.63) is 45.6 Å². The maximum Gasteiger partial charge on any atom is 0.00315 e. The molecule has 0 nitrogen and oxygen atoms in total. The minimum Gasteiger partial charge on any atom is -0.0769 e. The average molecular weight is 228 g/mol. The molecule has 0 aromatic heterocycles. The number of hydrogen-bond acceptors (Lipinski definition) is 0. The Morgan fingerprint density at radius 1 is 1.12 bits per heavy atom. The molecular formula is C17H24. The molecule has 2 rings (SSSR count). The lowest BCUT2D eigenvalue weighted by atomic mass is 9.87. The third-order valence-corrected chi connectivity index (χ3v) is 4.48. The molecule has 0 bridgehead atoms. The summed E-state index contributed by atoms with van der Waals surface area (Å²) in [6.07, 6.45) is 8.44. The van der Waals surface area contributed by atoms with Crippen molar-refractivity contribution in [1.82, 2.24) is 0 Å². The van der Waals surface area contributed by atoms with Gasteiger partial charge in [-0.1, -0.05) is 38.0 Å². The van der Waals surface area contributed by atoms with Crippen molar-refractivity contribution in [2.24, 2.45) is 5.92 Å². The van der Waals surface area contributed by atoms with Crippen molar-refractivity contribution in [2.45, 2.75) is 53.9 Å². The number of rotatable bonds is 3. The van der Waals surface area contributed by atoms with Crippen LogP contribution in [0.3, 0.4) is 0 Å². The summed E-state index contributed by atoms with van der Waals surface area (Å²) < 4.78 is 0. The highest BCUT2D eigenvalue weighted by Crippen LogP contribution is 2.44. The van der Waals surface area contributed by atoms with E-state index in [2.05, 4.69) is 46.8 Å². The lowest BCUT2D eigenvalue weighted by Crippen LogP contribution is -2.02. The Hall–Kier alpha value is -1.04. The molecule has 0 aliphatic heterocycles. The average Bonchev–Trinajstić information content (AvgIpc) is 2.82. The van der Waals surface area contributed by atoms with Crippen molar-refractivity contribution in [2.75, 3.05) is 0 Å². The quantitative estimate of drug-likeness (QED) is 0.611. The van der Waals surface area contributed by atoms with Gasteiger partial charge in [-0.3, -0.25) is 0 Å². The summed E-state index contributed by atoms with van der Waals surface area (Å²) in [6.45, 7) is 11.5. The summed E-state index contributed by atoms with van der Waals surface area (Å²) in [5, 5.41) is 0. The summed E-state index contributed by atoms with van der Waals surface area (Å²) in [7, 11) is 0. The van der Waals surface area contributed by atoms with Crippen molar-refractivity contribution >= 4 is 0 Å². The van der Waals surface area contributed by atoms with Crippen LogP contribution in [-0.4, -0.2) is 0 Å². The van der Waals surface area contributed by atoms with E-state index in [-0.39, 0.29) is 0 Å². The van der Waals surface area contributed by atoms with Gasteiger partial charge >= 0.3 is 0 Å². The first kappa shape index (κ1) is 12.4. The second kappa shape index (κ2) is 4.68. The van der Waals surface area contributed by atoms with E-state index in [0.29, 0.717) is 5.92 Å². The van der Waals surface area contributed by atoms with Crippen molar-refractivity contribution in [3.63, 3.8) is 0 Å². The predicted octanol–water partition coefficient (Wildman–Crippen LogP) is 5.35. The van der Waals surface area contributed by atoms with E-state index in [1.807, 2.05) is 0 Å². The van der Waals surface area contributed by atoms with E-state index < -0.39 is 0 Å². The van der Waals surface area contributed by atoms with Crippen LogP contribution in [0.2, 0.25) is 0 Å². The molecule has 0 heterocycles. The second-order valence-electron chi connectivity index (χ2n) is 5.40. The molecule has 1 unspecified atom stereocenters. The molecule has 0 radical (unpaired) electrons. The fourth-order valence-corrected chi connectivity index (χ4v) is 3.15. The smallest absolute Gasteiger partial charge is 0.00315 e. The van der Waals surface area contributed by atoms with E-state index >= 15 is 0 Å². The normalized spacial score (nSPS) is 24.6. The van der Waals surface area contributed by atoms with Crippen molar-refractivity contribution in [1.29, 1.82) is 0 Å². The highest BCUT2D eigenvalue weighted by atomic mass is 14.3. The van der Waals surface area contributed by atoms with Gasteiger partial charge in [0.25, 0.3) is 0 Å². The molecule has 0 N–H and O–H groups in total. The second-order valence-corrected chi connectivity index (χ2v) is 5.40. The van der Waals surface area contributed by atoms with Crippen LogP contribution in [0, 0.1) is 5.92 Å². The van der Waals surface area contributed by atoms with Crippen LogP contribution < -0.4 is 0 Å². The Bertz CT molecular complexity index is 452. The van der Waals surface area contributed by atoms with E-state index in [0.717, 1.165) is 6.42 Å². The Morgan fingerprint density at radius 2 is 1.82 bits per heavy atom. The molecule has 0 spiro atoms. The molecule has 0 aromatic rings. The minimum absolute atomic E-state index is 0.611. The molecule has 17 heavy (non-hydrogen) atoms. The lowest BCUT2D eigenvalue weighted by Gasteiger charge is -2.17. The predicted molar refractivity (Wildman–Crippen MR) is 75.9 cm³/mol. The van der Waals surface area contributed by atoms with E-state index in [1.165, 1.54) is 24.0 Å². The van der Waals surface area contributed by atoms with Crippen LogP contribution in [-0.2, 0) is 0 Å². The molecule has 0 amide bonds. The lowest BCUT2D eigenvalue weighted by molar-refractivity contribution is 0.815. The van der Waals surface area contributed by atoms with Gasteiger partial charge in [0.15, 0.2) is 0 Å². The molecule has 1 atom stereocenters. The van der Waals surface area contributed by atoms with Crippen LogP contribution in [0.25, 0.3) is 0 Å². The third kappa shape index (κ3) is 1.94. The van der Waals surface area contributed by atoms with Crippen LogP contribution in [0.15, 0.2) is 45.6 Å². The first-order valence-electron chi connectivity index (χ1n) is 6.86. The maximum atomic E-state index is 2.42. The minimum atomic E-state index is 0.611. The van der Waals surface area contributed by atoms with Crippen molar-refractivity contribution < 1.29 is 0 Å². The van der Waals surface area contributed by atoms with E-state index in [9.17, 15) is 0 Å². The van der Waals surface area contributed by atoms with Gasteiger partial charge in [0, 0.05) is 5.92 Å². The van der Waals surface area contributed by atoms with Gasteiger partial charge in [0.05, 0.1) is 0 Å². The van der Waals surface area contributed by atoms with Gasteiger partial charge in [-0.25, -0.2) is 0 Å². The zero-order valence-corrected chi connectivity index (χ0v) is 11.9. The summed E-state index contributed by atoms with van der Waals surface area (Å²) in [5.41, 5.74) is 9.31. The highest BCUT2D eigenvalue weighted by Gasteiger charge is 2.27. The van der Waals surface area contributed by atoms with Gasteiger partial charge in [0.2, 0.25) is 0 Å². The van der Waals surface area contributed by atoms with Crippen LogP contribution >= 0.6 is 0 Å². The fraction of sp³-hybridized carbons (Fsp3) is 0.529. The van der Waals surface area contributed by atoms with Gasteiger partial charge < -0.3 is 0 Å². The first-order valence-corrected chi connectivity index (χ1v) is 6.86. The molecule has 0 aromatic carbocycles. The molecule has 0 heteroatoms. The Labute approximate surface area is 106 Å². The number of hydrogen-bond donors (Lipinski definition) is 0. The van der Waals surface area contributed by atoms with E-state index in [1.54, 1.807) is 22.3 Å². The fourth-order valence-electron chi connectivity index (χ4n) is 3.15. The zero-order valence-electron chi connectivity index (χ0n) is 11.9. The van der Waals surface area contributed by atoms with Gasteiger partial charge in [0.1, 0.15) is 0 Å². The summed E-state index contributed by atoms with van der Waals surface area (Å²) in [5.74, 6) is 0.611. The molecule has 0 saturated carbocycles. The van der Waals surface area contributed by atoms with Gasteiger partial charge in [-0.15, -0.1) is 0 Å². The molecule has 2 aliphatic rings. The maximum absolute atomic E-state index is 2.42.